The highest BCUT2D eigenvalue weighted by molar-refractivity contribution is 9.09. The van der Waals surface area contributed by atoms with Crippen LogP contribution in [0.2, 0.25) is 0 Å². The molecule has 0 bridgehead atoms. The van der Waals surface area contributed by atoms with E-state index in [4.69, 9.17) is 4.74 Å². The van der Waals surface area contributed by atoms with Gasteiger partial charge < -0.3 is 4.74 Å². The minimum Gasteiger partial charge on any atom is -0.379 e. The van der Waals surface area contributed by atoms with Gasteiger partial charge in [0, 0.05) is 25.0 Å². The zero-order valence-electron chi connectivity index (χ0n) is 10.8. The summed E-state index contributed by atoms with van der Waals surface area (Å²) in [5.41, 5.74) is 0.487. The van der Waals surface area contributed by atoms with Crippen LogP contribution in [0.25, 0.3) is 0 Å². The van der Waals surface area contributed by atoms with E-state index in [9.17, 15) is 0 Å². The lowest BCUT2D eigenvalue weighted by molar-refractivity contribution is 0.0163. The molecule has 0 spiro atoms. The Kier molecular flexibility index (Phi) is 6.94. The molecule has 0 aliphatic carbocycles. The van der Waals surface area contributed by atoms with Crippen molar-refractivity contribution < 1.29 is 4.74 Å². The van der Waals surface area contributed by atoms with Crippen LogP contribution in [0.3, 0.4) is 0 Å². The second-order valence-corrected chi connectivity index (χ2v) is 5.58. The number of halogens is 1. The number of nitrogens with zero attached hydrogens (tertiary/aromatic N) is 1. The average Bonchev–Trinajstić information content (AvgIpc) is 2.31. The quantitative estimate of drug-likeness (QED) is 0.668. The van der Waals surface area contributed by atoms with E-state index in [1.54, 1.807) is 0 Å². The Morgan fingerprint density at radius 2 is 1.69 bits per heavy atom. The van der Waals surface area contributed by atoms with Crippen molar-refractivity contribution in [1.82, 2.24) is 4.90 Å². The maximum atomic E-state index is 5.41. The Morgan fingerprint density at radius 3 is 2.12 bits per heavy atom. The van der Waals surface area contributed by atoms with Gasteiger partial charge in [0.25, 0.3) is 0 Å². The number of hydrogen-bond acceptors (Lipinski definition) is 2. The van der Waals surface area contributed by atoms with E-state index in [0.717, 1.165) is 31.6 Å². The van der Waals surface area contributed by atoms with Crippen molar-refractivity contribution in [2.45, 2.75) is 39.5 Å². The van der Waals surface area contributed by atoms with Gasteiger partial charge in [-0.2, -0.15) is 0 Å². The largest absolute Gasteiger partial charge is 0.379 e. The minimum atomic E-state index is 0.487. The van der Waals surface area contributed by atoms with Crippen LogP contribution >= 0.6 is 15.9 Å². The maximum Gasteiger partial charge on any atom is 0.0594 e. The Morgan fingerprint density at radius 1 is 1.12 bits per heavy atom. The molecule has 2 nitrogen and oxygen atoms in total. The molecule has 0 unspecified atom stereocenters. The van der Waals surface area contributed by atoms with E-state index in [1.807, 2.05) is 0 Å². The highest BCUT2D eigenvalue weighted by atomic mass is 79.9. The third-order valence-electron chi connectivity index (χ3n) is 3.51. The maximum absolute atomic E-state index is 5.41. The summed E-state index contributed by atoms with van der Waals surface area (Å²) in [5, 5.41) is 1.14. The van der Waals surface area contributed by atoms with E-state index < -0.39 is 0 Å². The Labute approximate surface area is 109 Å². The molecule has 0 aromatic rings. The molecule has 0 saturated carbocycles. The van der Waals surface area contributed by atoms with E-state index in [-0.39, 0.29) is 0 Å². The van der Waals surface area contributed by atoms with Crippen LogP contribution < -0.4 is 0 Å². The van der Waals surface area contributed by atoms with Gasteiger partial charge in [-0.3, -0.25) is 4.90 Å². The molecule has 96 valence electrons. The van der Waals surface area contributed by atoms with E-state index in [1.165, 1.54) is 32.2 Å². The summed E-state index contributed by atoms with van der Waals surface area (Å²) in [6.07, 6.45) is 5.25. The Balaban J connectivity index is 2.52. The van der Waals surface area contributed by atoms with Crippen molar-refractivity contribution in [3.63, 3.8) is 0 Å². The van der Waals surface area contributed by atoms with Crippen LogP contribution in [-0.2, 0) is 4.74 Å². The van der Waals surface area contributed by atoms with Crippen LogP contribution in [0.5, 0.6) is 0 Å². The molecular formula is C13H26BrNO. The summed E-state index contributed by atoms with van der Waals surface area (Å²) in [6.45, 7) is 9.89. The summed E-state index contributed by atoms with van der Waals surface area (Å²) < 4.78 is 5.41. The third-order valence-corrected chi connectivity index (χ3v) is 4.70. The fraction of sp³-hybridized carbons (Fsp3) is 1.00. The van der Waals surface area contributed by atoms with Crippen LogP contribution in [0.4, 0.5) is 0 Å². The van der Waals surface area contributed by atoms with Crippen molar-refractivity contribution in [2.75, 3.05) is 38.2 Å². The SMILES string of the molecule is CCCC(CBr)(CCC)CN1CCOCC1. The molecule has 1 rings (SSSR count). The Bertz CT molecular complexity index is 175. The van der Waals surface area contributed by atoms with Gasteiger partial charge in [-0.25, -0.2) is 0 Å². The van der Waals surface area contributed by atoms with Gasteiger partial charge in [0.2, 0.25) is 0 Å². The monoisotopic (exact) mass is 291 g/mol. The lowest BCUT2D eigenvalue weighted by Crippen LogP contribution is -2.44. The minimum absolute atomic E-state index is 0.487. The third kappa shape index (κ3) is 4.34. The second-order valence-electron chi connectivity index (χ2n) is 5.02. The smallest absolute Gasteiger partial charge is 0.0594 e. The van der Waals surface area contributed by atoms with Gasteiger partial charge in [0.1, 0.15) is 0 Å². The van der Waals surface area contributed by atoms with Crippen molar-refractivity contribution >= 4 is 15.9 Å². The number of morpholine rings is 1. The topological polar surface area (TPSA) is 12.5 Å². The number of ether oxygens (including phenoxy) is 1. The van der Waals surface area contributed by atoms with Gasteiger partial charge in [-0.15, -0.1) is 0 Å². The summed E-state index contributed by atoms with van der Waals surface area (Å²) in [7, 11) is 0. The molecule has 1 heterocycles. The van der Waals surface area contributed by atoms with Crippen molar-refractivity contribution in [3.8, 4) is 0 Å². The predicted octanol–water partition coefficient (Wildman–Crippen LogP) is 3.30. The standard InChI is InChI=1S/C13H26BrNO/c1-3-5-13(11-14,6-4-2)12-15-7-9-16-10-8-15/h3-12H2,1-2H3. The highest BCUT2D eigenvalue weighted by Crippen LogP contribution is 2.33. The van der Waals surface area contributed by atoms with Crippen molar-refractivity contribution in [1.29, 1.82) is 0 Å². The first-order chi connectivity index (χ1) is 7.76. The average molecular weight is 292 g/mol. The van der Waals surface area contributed by atoms with Crippen molar-refractivity contribution in [3.05, 3.63) is 0 Å². The number of alkyl halides is 1. The zero-order chi connectivity index (χ0) is 11.9. The van der Waals surface area contributed by atoms with E-state index in [0.29, 0.717) is 5.41 Å². The molecule has 0 radical (unpaired) electrons. The molecular weight excluding hydrogens is 266 g/mol. The van der Waals surface area contributed by atoms with Gasteiger partial charge >= 0.3 is 0 Å². The molecule has 16 heavy (non-hydrogen) atoms. The zero-order valence-corrected chi connectivity index (χ0v) is 12.4. The van der Waals surface area contributed by atoms with Gasteiger partial charge in [0.15, 0.2) is 0 Å². The van der Waals surface area contributed by atoms with Crippen LogP contribution in [-0.4, -0.2) is 43.1 Å². The van der Waals surface area contributed by atoms with Crippen LogP contribution in [0, 0.1) is 5.41 Å². The molecule has 0 aromatic heterocycles. The molecule has 1 aliphatic heterocycles. The second kappa shape index (κ2) is 7.67. The highest BCUT2D eigenvalue weighted by Gasteiger charge is 2.30. The summed E-state index contributed by atoms with van der Waals surface area (Å²) in [5.74, 6) is 0. The number of hydrogen-bond donors (Lipinski definition) is 0. The molecule has 0 atom stereocenters. The lowest BCUT2D eigenvalue weighted by Gasteiger charge is -2.38. The van der Waals surface area contributed by atoms with E-state index >= 15 is 0 Å². The molecule has 3 heteroatoms. The fourth-order valence-electron chi connectivity index (χ4n) is 2.75. The van der Waals surface area contributed by atoms with Crippen LogP contribution in [0.1, 0.15) is 39.5 Å². The molecule has 1 saturated heterocycles. The molecule has 0 amide bonds. The summed E-state index contributed by atoms with van der Waals surface area (Å²) in [6, 6.07) is 0. The predicted molar refractivity (Wildman–Crippen MR) is 73.3 cm³/mol. The fourth-order valence-corrected chi connectivity index (χ4v) is 3.49. The van der Waals surface area contributed by atoms with Gasteiger partial charge in [-0.05, 0) is 18.3 Å². The van der Waals surface area contributed by atoms with Gasteiger partial charge in [-0.1, -0.05) is 42.6 Å². The molecule has 1 fully saturated rings. The van der Waals surface area contributed by atoms with Crippen LogP contribution in [0.15, 0.2) is 0 Å². The number of rotatable bonds is 7. The van der Waals surface area contributed by atoms with E-state index in [2.05, 4.69) is 34.7 Å². The lowest BCUT2D eigenvalue weighted by atomic mass is 9.80. The molecule has 0 aromatic carbocycles. The van der Waals surface area contributed by atoms with Crippen molar-refractivity contribution in [2.24, 2.45) is 5.41 Å². The summed E-state index contributed by atoms with van der Waals surface area (Å²) in [4.78, 5) is 2.58. The Hall–Kier alpha value is 0.400. The summed E-state index contributed by atoms with van der Waals surface area (Å²) >= 11 is 3.74. The normalized spacial score (nSPS) is 18.9. The molecule has 1 aliphatic rings. The first-order valence-electron chi connectivity index (χ1n) is 6.62. The molecule has 0 N–H and O–H groups in total. The first-order valence-corrected chi connectivity index (χ1v) is 7.74. The van der Waals surface area contributed by atoms with Gasteiger partial charge in [0.05, 0.1) is 13.2 Å². The first kappa shape index (κ1) is 14.5.